The van der Waals surface area contributed by atoms with Crippen LogP contribution in [-0.2, 0) is 13.1 Å². The smallest absolute Gasteiger partial charge is 0.107 e. The number of thiazole rings is 1. The first-order chi connectivity index (χ1) is 8.26. The van der Waals surface area contributed by atoms with Crippen molar-refractivity contribution in [2.75, 3.05) is 20.1 Å². The molecular formula is C13H25N3S. The molecular weight excluding hydrogens is 230 g/mol. The van der Waals surface area contributed by atoms with Crippen LogP contribution >= 0.6 is 11.3 Å². The molecule has 0 amide bonds. The minimum absolute atomic E-state index is 0.903. The van der Waals surface area contributed by atoms with E-state index in [9.17, 15) is 0 Å². The normalized spacial score (nSPS) is 11.3. The van der Waals surface area contributed by atoms with Gasteiger partial charge in [-0.25, -0.2) is 4.98 Å². The molecule has 1 aromatic heterocycles. The van der Waals surface area contributed by atoms with Gasteiger partial charge >= 0.3 is 0 Å². The largest absolute Gasteiger partial charge is 0.311 e. The summed E-state index contributed by atoms with van der Waals surface area (Å²) in [5.74, 6) is 0. The summed E-state index contributed by atoms with van der Waals surface area (Å²) in [6, 6.07) is 0. The summed E-state index contributed by atoms with van der Waals surface area (Å²) in [6.45, 7) is 8.43. The highest BCUT2D eigenvalue weighted by atomic mass is 32.1. The van der Waals surface area contributed by atoms with Crippen molar-refractivity contribution in [3.63, 3.8) is 0 Å². The molecule has 1 rings (SSSR count). The predicted molar refractivity (Wildman–Crippen MR) is 75.4 cm³/mol. The van der Waals surface area contributed by atoms with Crippen LogP contribution in [0.15, 0.2) is 5.38 Å². The van der Waals surface area contributed by atoms with Crippen LogP contribution in [0.2, 0.25) is 0 Å². The first-order valence-corrected chi connectivity index (χ1v) is 7.46. The van der Waals surface area contributed by atoms with Gasteiger partial charge in [-0.2, -0.15) is 0 Å². The second kappa shape index (κ2) is 8.61. The molecule has 0 saturated heterocycles. The van der Waals surface area contributed by atoms with E-state index in [0.29, 0.717) is 0 Å². The molecule has 1 heterocycles. The van der Waals surface area contributed by atoms with E-state index in [-0.39, 0.29) is 0 Å². The predicted octanol–water partition coefficient (Wildman–Crippen LogP) is 2.87. The lowest BCUT2D eigenvalue weighted by Crippen LogP contribution is -2.19. The van der Waals surface area contributed by atoms with Gasteiger partial charge in [0.05, 0.1) is 5.69 Å². The Morgan fingerprint density at radius 2 is 2.18 bits per heavy atom. The highest BCUT2D eigenvalue weighted by Gasteiger charge is 2.04. The second-order valence-electron chi connectivity index (χ2n) is 4.46. The zero-order valence-electron chi connectivity index (χ0n) is 11.3. The van der Waals surface area contributed by atoms with Gasteiger partial charge in [0, 0.05) is 18.5 Å². The summed E-state index contributed by atoms with van der Waals surface area (Å²) in [5, 5.41) is 6.69. The molecule has 0 aliphatic heterocycles. The standard InChI is InChI=1S/C13H25N3S/c1-4-6-7-8-16(3)10-12-11-17-13(15-12)9-14-5-2/h11,14H,4-10H2,1-3H3. The average molecular weight is 255 g/mol. The minimum atomic E-state index is 0.903. The molecule has 0 unspecified atom stereocenters. The summed E-state index contributed by atoms with van der Waals surface area (Å²) >= 11 is 1.76. The van der Waals surface area contributed by atoms with Crippen LogP contribution in [0.25, 0.3) is 0 Å². The van der Waals surface area contributed by atoms with Gasteiger partial charge in [-0.3, -0.25) is 0 Å². The maximum atomic E-state index is 4.63. The van der Waals surface area contributed by atoms with Crippen LogP contribution in [-0.4, -0.2) is 30.0 Å². The topological polar surface area (TPSA) is 28.2 Å². The zero-order chi connectivity index (χ0) is 12.5. The Kier molecular flexibility index (Phi) is 7.40. The quantitative estimate of drug-likeness (QED) is 0.688. The first-order valence-electron chi connectivity index (χ1n) is 6.58. The summed E-state index contributed by atoms with van der Waals surface area (Å²) < 4.78 is 0. The lowest BCUT2D eigenvalue weighted by Gasteiger charge is -2.14. The second-order valence-corrected chi connectivity index (χ2v) is 5.40. The van der Waals surface area contributed by atoms with E-state index in [0.717, 1.165) is 19.6 Å². The highest BCUT2D eigenvalue weighted by Crippen LogP contribution is 2.11. The van der Waals surface area contributed by atoms with E-state index < -0.39 is 0 Å². The highest BCUT2D eigenvalue weighted by molar-refractivity contribution is 7.09. The average Bonchev–Trinajstić information content (AvgIpc) is 2.74. The molecule has 1 N–H and O–H groups in total. The minimum Gasteiger partial charge on any atom is -0.311 e. The van der Waals surface area contributed by atoms with E-state index in [2.05, 4.69) is 41.5 Å². The van der Waals surface area contributed by atoms with Crippen LogP contribution in [0.1, 0.15) is 43.8 Å². The van der Waals surface area contributed by atoms with Crippen molar-refractivity contribution in [3.8, 4) is 0 Å². The molecule has 0 bridgehead atoms. The maximum Gasteiger partial charge on any atom is 0.107 e. The lowest BCUT2D eigenvalue weighted by molar-refractivity contribution is 0.315. The Labute approximate surface area is 109 Å². The monoisotopic (exact) mass is 255 g/mol. The molecule has 0 saturated carbocycles. The number of nitrogens with one attached hydrogen (secondary N) is 1. The van der Waals surface area contributed by atoms with Crippen molar-refractivity contribution in [2.45, 2.75) is 46.2 Å². The molecule has 4 heteroatoms. The van der Waals surface area contributed by atoms with Gasteiger partial charge in [-0.05, 0) is 26.6 Å². The van der Waals surface area contributed by atoms with Crippen molar-refractivity contribution in [3.05, 3.63) is 16.1 Å². The molecule has 0 spiro atoms. The first kappa shape index (κ1) is 14.6. The van der Waals surface area contributed by atoms with E-state index in [1.807, 2.05) is 0 Å². The third-order valence-electron chi connectivity index (χ3n) is 2.70. The van der Waals surface area contributed by atoms with Crippen LogP contribution in [0.3, 0.4) is 0 Å². The van der Waals surface area contributed by atoms with Crippen molar-refractivity contribution in [1.29, 1.82) is 0 Å². The Balaban J connectivity index is 2.27. The van der Waals surface area contributed by atoms with Crippen molar-refractivity contribution < 1.29 is 0 Å². The maximum absolute atomic E-state index is 4.63. The number of hydrogen-bond donors (Lipinski definition) is 1. The number of aromatic nitrogens is 1. The fourth-order valence-corrected chi connectivity index (χ4v) is 2.48. The van der Waals surface area contributed by atoms with E-state index in [1.54, 1.807) is 11.3 Å². The molecule has 0 aromatic carbocycles. The van der Waals surface area contributed by atoms with E-state index >= 15 is 0 Å². The molecule has 98 valence electrons. The van der Waals surface area contributed by atoms with Gasteiger partial charge < -0.3 is 10.2 Å². The van der Waals surface area contributed by atoms with Gasteiger partial charge in [-0.15, -0.1) is 11.3 Å². The molecule has 0 aliphatic rings. The lowest BCUT2D eigenvalue weighted by atomic mass is 10.2. The summed E-state index contributed by atoms with van der Waals surface area (Å²) in [5.41, 5.74) is 1.21. The molecule has 1 aromatic rings. The summed E-state index contributed by atoms with van der Waals surface area (Å²) in [7, 11) is 2.18. The van der Waals surface area contributed by atoms with Gasteiger partial charge in [-0.1, -0.05) is 26.7 Å². The van der Waals surface area contributed by atoms with Crippen LogP contribution in [0.5, 0.6) is 0 Å². The third-order valence-corrected chi connectivity index (χ3v) is 3.60. The zero-order valence-corrected chi connectivity index (χ0v) is 12.1. The fraction of sp³-hybridized carbons (Fsp3) is 0.769. The van der Waals surface area contributed by atoms with E-state index in [1.165, 1.54) is 36.5 Å². The van der Waals surface area contributed by atoms with Crippen LogP contribution < -0.4 is 5.32 Å². The van der Waals surface area contributed by atoms with Crippen LogP contribution in [0, 0.1) is 0 Å². The SMILES string of the molecule is CCCCCN(C)Cc1csc(CNCC)n1. The number of unbranched alkanes of at least 4 members (excludes halogenated alkanes) is 2. The van der Waals surface area contributed by atoms with Gasteiger partial charge in [0.2, 0.25) is 0 Å². The Morgan fingerprint density at radius 3 is 2.88 bits per heavy atom. The number of hydrogen-bond acceptors (Lipinski definition) is 4. The molecule has 0 aliphatic carbocycles. The van der Waals surface area contributed by atoms with Gasteiger partial charge in [0.25, 0.3) is 0 Å². The van der Waals surface area contributed by atoms with Gasteiger partial charge in [0.1, 0.15) is 5.01 Å². The Morgan fingerprint density at radius 1 is 1.35 bits per heavy atom. The van der Waals surface area contributed by atoms with E-state index in [4.69, 9.17) is 0 Å². The Hall–Kier alpha value is -0.450. The van der Waals surface area contributed by atoms with Crippen molar-refractivity contribution >= 4 is 11.3 Å². The number of nitrogens with zero attached hydrogens (tertiary/aromatic N) is 2. The molecule has 3 nitrogen and oxygen atoms in total. The Bertz CT molecular complexity index is 299. The molecule has 0 fully saturated rings. The molecule has 17 heavy (non-hydrogen) atoms. The van der Waals surface area contributed by atoms with Crippen molar-refractivity contribution in [2.24, 2.45) is 0 Å². The van der Waals surface area contributed by atoms with Crippen LogP contribution in [0.4, 0.5) is 0 Å². The fourth-order valence-electron chi connectivity index (χ4n) is 1.72. The van der Waals surface area contributed by atoms with Gasteiger partial charge in [0.15, 0.2) is 0 Å². The van der Waals surface area contributed by atoms with Crippen molar-refractivity contribution in [1.82, 2.24) is 15.2 Å². The molecule has 0 radical (unpaired) electrons. The summed E-state index contributed by atoms with van der Waals surface area (Å²) in [6.07, 6.45) is 3.91. The number of rotatable bonds is 9. The molecule has 0 atom stereocenters. The summed E-state index contributed by atoms with van der Waals surface area (Å²) in [4.78, 5) is 6.99. The third kappa shape index (κ3) is 6.15.